The van der Waals surface area contributed by atoms with Gasteiger partial charge in [-0.2, -0.15) is 0 Å². The van der Waals surface area contributed by atoms with Crippen molar-refractivity contribution >= 4 is 34.9 Å². The lowest BCUT2D eigenvalue weighted by Crippen LogP contribution is -2.11. The highest BCUT2D eigenvalue weighted by atomic mass is 32.2. The van der Waals surface area contributed by atoms with Crippen LogP contribution in [-0.4, -0.2) is 41.5 Å². The molecule has 26 heavy (non-hydrogen) atoms. The van der Waals surface area contributed by atoms with E-state index in [4.69, 9.17) is 4.42 Å². The van der Waals surface area contributed by atoms with Crippen LogP contribution in [0.3, 0.4) is 0 Å². The van der Waals surface area contributed by atoms with E-state index in [0.717, 1.165) is 32.9 Å². The summed E-state index contributed by atoms with van der Waals surface area (Å²) < 4.78 is 7.97. The van der Waals surface area contributed by atoms with Crippen LogP contribution < -0.4 is 0 Å². The number of thioether (sulfide) groups is 2. The molecule has 0 aliphatic carbocycles. The van der Waals surface area contributed by atoms with Gasteiger partial charge in [0.15, 0.2) is 11.0 Å². The van der Waals surface area contributed by atoms with Gasteiger partial charge in [-0.1, -0.05) is 29.6 Å². The smallest absolute Gasteiger partial charge is 0.276 e. The van der Waals surface area contributed by atoms with Crippen LogP contribution in [0.5, 0.6) is 0 Å². The van der Waals surface area contributed by atoms with Crippen molar-refractivity contribution in [3.8, 4) is 22.2 Å². The molecule has 0 saturated heterocycles. The molecule has 5 heterocycles. The second-order valence-electron chi connectivity index (χ2n) is 5.54. The molecule has 0 aromatic carbocycles. The lowest BCUT2D eigenvalue weighted by molar-refractivity contribution is 0.465. The first-order valence-corrected chi connectivity index (χ1v) is 10.7. The summed E-state index contributed by atoms with van der Waals surface area (Å²) in [5.74, 6) is 3.23. The van der Waals surface area contributed by atoms with Crippen LogP contribution >= 0.6 is 34.9 Å². The van der Waals surface area contributed by atoms with Gasteiger partial charge in [-0.3, -0.25) is 9.55 Å². The molecular formula is C16H12N6OS3. The molecule has 0 N–H and O–H groups in total. The lowest BCUT2D eigenvalue weighted by Gasteiger charge is -2.12. The highest BCUT2D eigenvalue weighted by Gasteiger charge is 2.29. The van der Waals surface area contributed by atoms with Gasteiger partial charge in [-0.25, -0.2) is 0 Å². The van der Waals surface area contributed by atoms with E-state index in [1.165, 1.54) is 0 Å². The minimum atomic E-state index is 0.273. The van der Waals surface area contributed by atoms with Crippen LogP contribution in [0.4, 0.5) is 0 Å². The Balaban J connectivity index is 1.34. The van der Waals surface area contributed by atoms with Crippen LogP contribution in [0.25, 0.3) is 22.2 Å². The van der Waals surface area contributed by atoms with E-state index < -0.39 is 0 Å². The minimum absolute atomic E-state index is 0.273. The number of thiophene rings is 1. The van der Waals surface area contributed by atoms with Crippen molar-refractivity contribution in [3.05, 3.63) is 42.0 Å². The Labute approximate surface area is 161 Å². The van der Waals surface area contributed by atoms with Crippen molar-refractivity contribution in [2.75, 3.05) is 11.5 Å². The van der Waals surface area contributed by atoms with Crippen LogP contribution in [0.15, 0.2) is 56.8 Å². The first-order chi connectivity index (χ1) is 12.9. The second-order valence-corrected chi connectivity index (χ2v) is 8.44. The van der Waals surface area contributed by atoms with Crippen molar-refractivity contribution < 1.29 is 4.42 Å². The van der Waals surface area contributed by atoms with E-state index in [1.807, 2.05) is 29.6 Å². The largest absolute Gasteiger partial charge is 0.410 e. The Hall–Kier alpha value is -2.17. The molecule has 7 nitrogen and oxygen atoms in total. The van der Waals surface area contributed by atoms with Gasteiger partial charge < -0.3 is 4.42 Å². The van der Waals surface area contributed by atoms with Crippen molar-refractivity contribution in [1.29, 1.82) is 0 Å². The third-order valence-corrected chi connectivity index (χ3v) is 6.82. The molecule has 4 aromatic heterocycles. The summed E-state index contributed by atoms with van der Waals surface area (Å²) in [7, 11) is 0. The Morgan fingerprint density at radius 3 is 2.92 bits per heavy atom. The molecule has 10 heteroatoms. The summed E-state index contributed by atoms with van der Waals surface area (Å²) in [6.45, 7) is 0. The zero-order valence-electron chi connectivity index (χ0n) is 13.3. The molecule has 0 bridgehead atoms. The van der Waals surface area contributed by atoms with E-state index in [0.29, 0.717) is 11.1 Å². The topological polar surface area (TPSA) is 82.5 Å². The molecule has 1 atom stereocenters. The summed E-state index contributed by atoms with van der Waals surface area (Å²) in [6, 6.07) is 8.13. The molecule has 0 amide bonds. The van der Waals surface area contributed by atoms with Gasteiger partial charge in [0, 0.05) is 29.5 Å². The van der Waals surface area contributed by atoms with E-state index >= 15 is 0 Å². The average molecular weight is 401 g/mol. The third kappa shape index (κ3) is 2.93. The third-order valence-electron chi connectivity index (χ3n) is 3.91. The maximum atomic E-state index is 5.77. The van der Waals surface area contributed by atoms with Crippen molar-refractivity contribution in [2.24, 2.45) is 0 Å². The lowest BCUT2D eigenvalue weighted by atomic mass is 10.2. The second kappa shape index (κ2) is 6.86. The summed E-state index contributed by atoms with van der Waals surface area (Å²) in [4.78, 5) is 5.06. The first kappa shape index (κ1) is 16.0. The SMILES string of the molecule is c1csc(-c2nnc(SC[C@H]3CSc4nnc(-c5ccncc5)n43)o2)c1. The predicted octanol–water partition coefficient (Wildman–Crippen LogP) is 3.89. The molecule has 1 aliphatic rings. The Bertz CT molecular complexity index is 1010. The number of fused-ring (bicyclic) bond motifs is 1. The number of aromatic nitrogens is 6. The van der Waals surface area contributed by atoms with Gasteiger partial charge >= 0.3 is 0 Å². The number of pyridine rings is 1. The molecule has 0 radical (unpaired) electrons. The normalized spacial score (nSPS) is 16.1. The zero-order valence-corrected chi connectivity index (χ0v) is 15.8. The number of hydrogen-bond acceptors (Lipinski definition) is 9. The Kier molecular flexibility index (Phi) is 4.23. The highest BCUT2D eigenvalue weighted by molar-refractivity contribution is 8.00. The standard InChI is InChI=1S/C16H12N6OS3/c1-2-12(24-7-1)14-19-21-16(23-14)26-9-11-8-25-15-20-18-13(22(11)15)10-3-5-17-6-4-10/h1-7,11H,8-9H2/t11-/m1/s1. The summed E-state index contributed by atoms with van der Waals surface area (Å²) in [6.07, 6.45) is 3.54. The monoisotopic (exact) mass is 400 g/mol. The van der Waals surface area contributed by atoms with Gasteiger partial charge in [0.2, 0.25) is 0 Å². The van der Waals surface area contributed by atoms with Gasteiger partial charge in [-0.05, 0) is 23.6 Å². The number of hydrogen-bond donors (Lipinski definition) is 0. The molecule has 0 fully saturated rings. The first-order valence-electron chi connectivity index (χ1n) is 7.87. The quantitative estimate of drug-likeness (QED) is 0.467. The van der Waals surface area contributed by atoms with E-state index in [2.05, 4.69) is 29.9 Å². The van der Waals surface area contributed by atoms with Gasteiger partial charge in [0.1, 0.15) is 0 Å². The summed E-state index contributed by atoms with van der Waals surface area (Å²) in [5.41, 5.74) is 1.02. The van der Waals surface area contributed by atoms with E-state index in [9.17, 15) is 0 Å². The minimum Gasteiger partial charge on any atom is -0.410 e. The van der Waals surface area contributed by atoms with Crippen molar-refractivity contribution in [3.63, 3.8) is 0 Å². The molecule has 5 rings (SSSR count). The van der Waals surface area contributed by atoms with Gasteiger partial charge in [0.25, 0.3) is 11.1 Å². The molecule has 130 valence electrons. The van der Waals surface area contributed by atoms with Gasteiger partial charge in [0.05, 0.1) is 10.9 Å². The van der Waals surface area contributed by atoms with E-state index in [1.54, 1.807) is 47.3 Å². The van der Waals surface area contributed by atoms with Crippen molar-refractivity contribution in [1.82, 2.24) is 29.9 Å². The predicted molar refractivity (Wildman–Crippen MR) is 101 cm³/mol. The maximum Gasteiger partial charge on any atom is 0.276 e. The summed E-state index contributed by atoms with van der Waals surface area (Å²) >= 11 is 4.88. The van der Waals surface area contributed by atoms with Crippen molar-refractivity contribution in [2.45, 2.75) is 16.4 Å². The van der Waals surface area contributed by atoms with Crippen LogP contribution in [0.2, 0.25) is 0 Å². The fourth-order valence-electron chi connectivity index (χ4n) is 2.71. The molecule has 0 spiro atoms. The Morgan fingerprint density at radius 1 is 1.15 bits per heavy atom. The zero-order chi connectivity index (χ0) is 17.3. The molecular weight excluding hydrogens is 388 g/mol. The van der Waals surface area contributed by atoms with E-state index in [-0.39, 0.29) is 6.04 Å². The molecule has 4 aromatic rings. The molecule has 1 aliphatic heterocycles. The van der Waals surface area contributed by atoms with Crippen LogP contribution in [-0.2, 0) is 0 Å². The number of nitrogens with zero attached hydrogens (tertiary/aromatic N) is 6. The maximum absolute atomic E-state index is 5.77. The summed E-state index contributed by atoms with van der Waals surface area (Å²) in [5, 5.41) is 20.5. The molecule has 0 unspecified atom stereocenters. The van der Waals surface area contributed by atoms with Crippen LogP contribution in [0, 0.1) is 0 Å². The fraction of sp³-hybridized carbons (Fsp3) is 0.188. The average Bonchev–Trinajstić information content (AvgIpc) is 3.45. The highest BCUT2D eigenvalue weighted by Crippen LogP contribution is 2.39. The van der Waals surface area contributed by atoms with Crippen LogP contribution in [0.1, 0.15) is 6.04 Å². The number of rotatable bonds is 5. The fourth-order valence-corrected chi connectivity index (χ4v) is 5.42. The molecule has 0 saturated carbocycles. The van der Waals surface area contributed by atoms with Gasteiger partial charge in [-0.15, -0.1) is 31.7 Å². The Morgan fingerprint density at radius 2 is 2.08 bits per heavy atom.